The van der Waals surface area contributed by atoms with Gasteiger partial charge in [-0.3, -0.25) is 9.59 Å². The van der Waals surface area contributed by atoms with Gasteiger partial charge in [0, 0.05) is 10.9 Å². The van der Waals surface area contributed by atoms with Crippen molar-refractivity contribution in [1.82, 2.24) is 10.6 Å². The molecule has 2 aromatic rings. The average Bonchev–Trinajstić information content (AvgIpc) is 2.60. The van der Waals surface area contributed by atoms with E-state index >= 15 is 0 Å². The Kier molecular flexibility index (Phi) is 7.39. The topological polar surface area (TPSA) is 58.2 Å². The molecule has 2 amide bonds. The van der Waals surface area contributed by atoms with Gasteiger partial charge in [0.05, 0.1) is 6.04 Å². The van der Waals surface area contributed by atoms with E-state index in [0.29, 0.717) is 6.42 Å². The Morgan fingerprint density at radius 1 is 0.885 bits per heavy atom. The first kappa shape index (κ1) is 20.2. The molecular weight excluding hydrogens is 392 g/mol. The van der Waals surface area contributed by atoms with Gasteiger partial charge in [-0.2, -0.15) is 0 Å². The molecule has 138 valence electrons. The molecule has 2 unspecified atom stereocenters. The Hall–Kier alpha value is -2.14. The van der Waals surface area contributed by atoms with Crippen molar-refractivity contribution in [2.75, 3.05) is 0 Å². The summed E-state index contributed by atoms with van der Waals surface area (Å²) in [5.74, 6) is -0.111. The fourth-order valence-electron chi connectivity index (χ4n) is 2.67. The van der Waals surface area contributed by atoms with Crippen molar-refractivity contribution < 1.29 is 9.59 Å². The van der Waals surface area contributed by atoms with Crippen molar-refractivity contribution in [3.05, 3.63) is 70.2 Å². The van der Waals surface area contributed by atoms with Crippen LogP contribution in [0.4, 0.5) is 0 Å². The van der Waals surface area contributed by atoms with Crippen molar-refractivity contribution in [2.45, 2.75) is 39.3 Å². The van der Waals surface area contributed by atoms with E-state index in [9.17, 15) is 9.59 Å². The second-order valence-corrected chi connectivity index (χ2v) is 7.71. The molecule has 2 atom stereocenters. The van der Waals surface area contributed by atoms with Crippen molar-refractivity contribution in [3.63, 3.8) is 0 Å². The maximum atomic E-state index is 12.9. The zero-order valence-electron chi connectivity index (χ0n) is 15.3. The van der Waals surface area contributed by atoms with Crippen molar-refractivity contribution in [1.29, 1.82) is 0 Å². The quantitative estimate of drug-likeness (QED) is 0.696. The first-order valence-electron chi connectivity index (χ1n) is 8.77. The summed E-state index contributed by atoms with van der Waals surface area (Å²) in [4.78, 5) is 25.1. The minimum absolute atomic E-state index is 0.125. The highest BCUT2D eigenvalue weighted by Crippen LogP contribution is 2.19. The van der Waals surface area contributed by atoms with Crippen LogP contribution in [-0.2, 0) is 9.59 Å². The second kappa shape index (κ2) is 9.53. The summed E-state index contributed by atoms with van der Waals surface area (Å²) in [6, 6.07) is 16.3. The minimum atomic E-state index is -0.708. The summed E-state index contributed by atoms with van der Waals surface area (Å²) >= 11 is 3.41. The van der Waals surface area contributed by atoms with Crippen LogP contribution in [0.1, 0.15) is 50.4 Å². The molecular formula is C21H25BrN2O2. The molecule has 5 heteroatoms. The monoisotopic (exact) mass is 416 g/mol. The second-order valence-electron chi connectivity index (χ2n) is 6.79. The number of hydrogen-bond donors (Lipinski definition) is 2. The molecule has 0 saturated carbocycles. The molecule has 4 nitrogen and oxygen atoms in total. The average molecular weight is 417 g/mol. The zero-order chi connectivity index (χ0) is 19.1. The van der Waals surface area contributed by atoms with E-state index in [0.717, 1.165) is 15.6 Å². The van der Waals surface area contributed by atoms with Gasteiger partial charge in [-0.1, -0.05) is 72.2 Å². The van der Waals surface area contributed by atoms with Crippen LogP contribution in [0.25, 0.3) is 0 Å². The van der Waals surface area contributed by atoms with E-state index in [-0.39, 0.29) is 23.8 Å². The SMILES string of the molecule is CC(C)CC(=O)NC(C(=O)NC(C)c1ccc(Br)cc1)c1ccccc1. The number of nitrogens with one attached hydrogen (secondary N) is 2. The van der Waals surface area contributed by atoms with E-state index in [4.69, 9.17) is 0 Å². The molecule has 0 fully saturated rings. The molecule has 0 aromatic heterocycles. The van der Waals surface area contributed by atoms with Gasteiger partial charge in [-0.15, -0.1) is 0 Å². The lowest BCUT2D eigenvalue weighted by Gasteiger charge is -2.22. The number of amides is 2. The third-order valence-electron chi connectivity index (χ3n) is 4.02. The Morgan fingerprint density at radius 3 is 2.08 bits per heavy atom. The van der Waals surface area contributed by atoms with Crippen LogP contribution < -0.4 is 10.6 Å². The van der Waals surface area contributed by atoms with Gasteiger partial charge in [-0.05, 0) is 36.1 Å². The van der Waals surface area contributed by atoms with Crippen LogP contribution in [0, 0.1) is 5.92 Å². The first-order valence-corrected chi connectivity index (χ1v) is 9.56. The molecule has 2 rings (SSSR count). The maximum absolute atomic E-state index is 12.9. The fraction of sp³-hybridized carbons (Fsp3) is 0.333. The normalized spacial score (nSPS) is 13.1. The largest absolute Gasteiger partial charge is 0.347 e. The summed E-state index contributed by atoms with van der Waals surface area (Å²) in [5, 5.41) is 5.88. The number of carbonyl (C=O) groups is 2. The maximum Gasteiger partial charge on any atom is 0.247 e. The van der Waals surface area contributed by atoms with Crippen LogP contribution in [-0.4, -0.2) is 11.8 Å². The van der Waals surface area contributed by atoms with Gasteiger partial charge < -0.3 is 10.6 Å². The number of rotatable bonds is 7. The highest BCUT2D eigenvalue weighted by Gasteiger charge is 2.24. The van der Waals surface area contributed by atoms with Crippen molar-refractivity contribution in [2.24, 2.45) is 5.92 Å². The van der Waals surface area contributed by atoms with Crippen LogP contribution in [0.3, 0.4) is 0 Å². The molecule has 0 radical (unpaired) electrons. The molecule has 0 heterocycles. The lowest BCUT2D eigenvalue weighted by molar-refractivity contribution is -0.130. The van der Waals surface area contributed by atoms with Gasteiger partial charge in [0.15, 0.2) is 0 Å². The first-order chi connectivity index (χ1) is 12.4. The Balaban J connectivity index is 2.14. The minimum Gasteiger partial charge on any atom is -0.347 e. The fourth-order valence-corrected chi connectivity index (χ4v) is 2.93. The van der Waals surface area contributed by atoms with Gasteiger partial charge >= 0.3 is 0 Å². The Labute approximate surface area is 163 Å². The molecule has 26 heavy (non-hydrogen) atoms. The predicted octanol–water partition coefficient (Wildman–Crippen LogP) is 4.53. The van der Waals surface area contributed by atoms with Gasteiger partial charge in [0.1, 0.15) is 6.04 Å². The van der Waals surface area contributed by atoms with E-state index in [1.165, 1.54) is 0 Å². The number of carbonyl (C=O) groups excluding carboxylic acids is 2. The molecule has 0 aliphatic carbocycles. The molecule has 0 spiro atoms. The summed E-state index contributed by atoms with van der Waals surface area (Å²) in [7, 11) is 0. The van der Waals surface area contributed by atoms with Gasteiger partial charge in [0.2, 0.25) is 11.8 Å². The molecule has 2 aromatic carbocycles. The smallest absolute Gasteiger partial charge is 0.247 e. The number of benzene rings is 2. The van der Waals surface area contributed by atoms with Crippen LogP contribution in [0.2, 0.25) is 0 Å². The third kappa shape index (κ3) is 5.99. The van der Waals surface area contributed by atoms with Crippen LogP contribution in [0.15, 0.2) is 59.1 Å². The number of hydrogen-bond acceptors (Lipinski definition) is 2. The summed E-state index contributed by atoms with van der Waals surface area (Å²) < 4.78 is 0.989. The highest BCUT2D eigenvalue weighted by atomic mass is 79.9. The van der Waals surface area contributed by atoms with E-state index in [2.05, 4.69) is 26.6 Å². The standard InChI is InChI=1S/C21H25BrN2O2/c1-14(2)13-19(25)24-20(17-7-5-4-6-8-17)21(26)23-15(3)16-9-11-18(22)12-10-16/h4-12,14-15,20H,13H2,1-3H3,(H,23,26)(H,24,25). The van der Waals surface area contributed by atoms with Crippen molar-refractivity contribution in [3.8, 4) is 0 Å². The molecule has 0 aliphatic heterocycles. The van der Waals surface area contributed by atoms with Gasteiger partial charge in [-0.25, -0.2) is 0 Å². The van der Waals surface area contributed by atoms with Crippen LogP contribution >= 0.6 is 15.9 Å². The third-order valence-corrected chi connectivity index (χ3v) is 4.55. The van der Waals surface area contributed by atoms with Crippen molar-refractivity contribution >= 4 is 27.7 Å². The Morgan fingerprint density at radius 2 is 1.50 bits per heavy atom. The molecule has 0 aliphatic rings. The van der Waals surface area contributed by atoms with E-state index in [1.54, 1.807) is 0 Å². The highest BCUT2D eigenvalue weighted by molar-refractivity contribution is 9.10. The van der Waals surface area contributed by atoms with E-state index < -0.39 is 6.04 Å². The lowest BCUT2D eigenvalue weighted by Crippen LogP contribution is -2.41. The predicted molar refractivity (Wildman–Crippen MR) is 107 cm³/mol. The lowest BCUT2D eigenvalue weighted by atomic mass is 10.0. The molecule has 2 N–H and O–H groups in total. The van der Waals surface area contributed by atoms with Crippen LogP contribution in [0.5, 0.6) is 0 Å². The molecule has 0 bridgehead atoms. The Bertz CT molecular complexity index is 729. The van der Waals surface area contributed by atoms with Gasteiger partial charge in [0.25, 0.3) is 0 Å². The molecule has 0 saturated heterocycles. The summed E-state index contributed by atoms with van der Waals surface area (Å²) in [6.07, 6.45) is 0.388. The number of halogens is 1. The summed E-state index contributed by atoms with van der Waals surface area (Å²) in [5.41, 5.74) is 1.77. The summed E-state index contributed by atoms with van der Waals surface area (Å²) in [6.45, 7) is 5.89. The zero-order valence-corrected chi connectivity index (χ0v) is 16.9. The van der Waals surface area contributed by atoms with E-state index in [1.807, 2.05) is 75.4 Å².